The molecule has 3 heteroatoms. The van der Waals surface area contributed by atoms with Crippen LogP contribution in [-0.2, 0) is 9.47 Å². The number of rotatable bonds is 9. The topological polar surface area (TPSA) is 30.5 Å². The molecule has 1 aliphatic rings. The van der Waals surface area contributed by atoms with E-state index < -0.39 is 0 Å². The number of nitrogens with one attached hydrogen (secondary N) is 1. The Morgan fingerprint density at radius 2 is 1.95 bits per heavy atom. The van der Waals surface area contributed by atoms with Crippen LogP contribution >= 0.6 is 0 Å². The van der Waals surface area contributed by atoms with Crippen LogP contribution in [0.15, 0.2) is 0 Å². The molecule has 1 saturated carbocycles. The van der Waals surface area contributed by atoms with E-state index in [9.17, 15) is 0 Å². The van der Waals surface area contributed by atoms with Crippen LogP contribution in [0.4, 0.5) is 0 Å². The van der Waals surface area contributed by atoms with Gasteiger partial charge in [-0.1, -0.05) is 20.3 Å². The molecule has 0 bridgehead atoms. The molecule has 0 spiro atoms. The van der Waals surface area contributed by atoms with E-state index in [1.807, 2.05) is 0 Å². The minimum atomic E-state index is -0.0782. The fraction of sp³-hybridized carbons (Fsp3) is 1.00. The molecule has 0 aromatic carbocycles. The summed E-state index contributed by atoms with van der Waals surface area (Å²) in [4.78, 5) is 0. The lowest BCUT2D eigenvalue weighted by molar-refractivity contribution is -0.0498. The first-order valence-electron chi connectivity index (χ1n) is 8.42. The Kier molecular flexibility index (Phi) is 8.08. The monoisotopic (exact) mass is 285 g/mol. The summed E-state index contributed by atoms with van der Waals surface area (Å²) in [5.74, 6) is 0.843. The molecule has 1 rings (SSSR count). The van der Waals surface area contributed by atoms with Crippen LogP contribution < -0.4 is 5.32 Å². The van der Waals surface area contributed by atoms with Crippen molar-refractivity contribution in [3.05, 3.63) is 0 Å². The van der Waals surface area contributed by atoms with E-state index in [1.165, 1.54) is 32.1 Å². The molecule has 0 radical (unpaired) electrons. The van der Waals surface area contributed by atoms with E-state index in [1.54, 1.807) is 7.11 Å². The first kappa shape index (κ1) is 17.9. The van der Waals surface area contributed by atoms with E-state index in [2.05, 4.69) is 33.0 Å². The van der Waals surface area contributed by atoms with Gasteiger partial charge in [0.05, 0.1) is 11.7 Å². The quantitative estimate of drug-likeness (QED) is 0.699. The molecule has 3 nitrogen and oxygen atoms in total. The average Bonchev–Trinajstić information content (AvgIpc) is 2.45. The SMILES string of the molecule is CCCNC1CCC(CC)CC1OCCC(C)(C)OC. The normalized spacial score (nSPS) is 27.8. The van der Waals surface area contributed by atoms with Gasteiger partial charge in [-0.05, 0) is 58.4 Å². The third kappa shape index (κ3) is 6.11. The van der Waals surface area contributed by atoms with E-state index >= 15 is 0 Å². The zero-order valence-electron chi connectivity index (χ0n) is 14.2. The third-order valence-electron chi connectivity index (χ3n) is 4.72. The molecule has 20 heavy (non-hydrogen) atoms. The average molecular weight is 285 g/mol. The summed E-state index contributed by atoms with van der Waals surface area (Å²) in [6.07, 6.45) is 7.63. The van der Waals surface area contributed by atoms with Crippen LogP contribution in [0.25, 0.3) is 0 Å². The van der Waals surface area contributed by atoms with Crippen LogP contribution in [0.1, 0.15) is 66.2 Å². The van der Waals surface area contributed by atoms with Crippen LogP contribution in [0.3, 0.4) is 0 Å². The predicted octanol–water partition coefficient (Wildman–Crippen LogP) is 3.77. The van der Waals surface area contributed by atoms with Crippen LogP contribution in [0.5, 0.6) is 0 Å². The molecule has 0 heterocycles. The lowest BCUT2D eigenvalue weighted by Crippen LogP contribution is -2.46. The van der Waals surface area contributed by atoms with Gasteiger partial charge in [0.2, 0.25) is 0 Å². The van der Waals surface area contributed by atoms with Gasteiger partial charge in [0.1, 0.15) is 0 Å². The van der Waals surface area contributed by atoms with Crippen LogP contribution in [-0.4, -0.2) is 38.0 Å². The number of hydrogen-bond donors (Lipinski definition) is 1. The van der Waals surface area contributed by atoms with E-state index in [0.717, 1.165) is 25.5 Å². The Bertz CT molecular complexity index is 255. The highest BCUT2D eigenvalue weighted by Gasteiger charge is 2.30. The van der Waals surface area contributed by atoms with Gasteiger partial charge in [-0.3, -0.25) is 0 Å². The molecule has 0 saturated heterocycles. The number of hydrogen-bond acceptors (Lipinski definition) is 3. The highest BCUT2D eigenvalue weighted by atomic mass is 16.5. The third-order valence-corrected chi connectivity index (χ3v) is 4.72. The minimum absolute atomic E-state index is 0.0782. The van der Waals surface area contributed by atoms with Gasteiger partial charge in [-0.15, -0.1) is 0 Å². The van der Waals surface area contributed by atoms with E-state index in [-0.39, 0.29) is 5.60 Å². The minimum Gasteiger partial charge on any atom is -0.379 e. The van der Waals surface area contributed by atoms with Crippen molar-refractivity contribution < 1.29 is 9.47 Å². The molecule has 0 aromatic heterocycles. The van der Waals surface area contributed by atoms with Crippen LogP contribution in [0, 0.1) is 5.92 Å². The highest BCUT2D eigenvalue weighted by Crippen LogP contribution is 2.29. The molecule has 0 aromatic rings. The molecule has 1 fully saturated rings. The maximum absolute atomic E-state index is 6.22. The molecule has 1 aliphatic carbocycles. The second-order valence-electron chi connectivity index (χ2n) is 6.77. The molecular formula is C17H35NO2. The van der Waals surface area contributed by atoms with Crippen molar-refractivity contribution in [1.82, 2.24) is 5.32 Å². The lowest BCUT2D eigenvalue weighted by atomic mass is 9.82. The Hall–Kier alpha value is -0.120. The van der Waals surface area contributed by atoms with Gasteiger partial charge in [-0.25, -0.2) is 0 Å². The standard InChI is InChI=1S/C17H35NO2/c1-6-11-18-15-9-8-14(7-2)13-16(15)20-12-10-17(3,4)19-5/h14-16,18H,6-13H2,1-5H3. The van der Waals surface area contributed by atoms with Crippen LogP contribution in [0.2, 0.25) is 0 Å². The summed E-state index contributed by atoms with van der Waals surface area (Å²) in [7, 11) is 1.78. The fourth-order valence-corrected chi connectivity index (χ4v) is 2.89. The largest absolute Gasteiger partial charge is 0.379 e. The van der Waals surface area contributed by atoms with Gasteiger partial charge in [-0.2, -0.15) is 0 Å². The molecule has 3 unspecified atom stereocenters. The Morgan fingerprint density at radius 3 is 2.55 bits per heavy atom. The summed E-state index contributed by atoms with van der Waals surface area (Å²) in [6.45, 7) is 10.7. The Labute approximate surface area is 125 Å². The molecular weight excluding hydrogens is 250 g/mol. The second kappa shape index (κ2) is 9.01. The van der Waals surface area contributed by atoms with Crippen molar-refractivity contribution in [3.8, 4) is 0 Å². The number of ether oxygens (including phenoxy) is 2. The predicted molar refractivity (Wildman–Crippen MR) is 85.2 cm³/mol. The maximum atomic E-state index is 6.22. The fourth-order valence-electron chi connectivity index (χ4n) is 2.89. The Balaban J connectivity index is 2.42. The van der Waals surface area contributed by atoms with Gasteiger partial charge in [0.25, 0.3) is 0 Å². The molecule has 120 valence electrons. The highest BCUT2D eigenvalue weighted by molar-refractivity contribution is 4.85. The summed E-state index contributed by atoms with van der Waals surface area (Å²) in [5, 5.41) is 3.67. The summed E-state index contributed by atoms with van der Waals surface area (Å²) < 4.78 is 11.7. The summed E-state index contributed by atoms with van der Waals surface area (Å²) in [6, 6.07) is 0.545. The van der Waals surface area contributed by atoms with Crippen molar-refractivity contribution in [2.24, 2.45) is 5.92 Å². The summed E-state index contributed by atoms with van der Waals surface area (Å²) in [5.41, 5.74) is -0.0782. The molecule has 0 amide bonds. The Morgan fingerprint density at radius 1 is 1.20 bits per heavy atom. The van der Waals surface area contributed by atoms with Gasteiger partial charge in [0.15, 0.2) is 0 Å². The molecule has 1 N–H and O–H groups in total. The smallest absolute Gasteiger partial charge is 0.0730 e. The van der Waals surface area contributed by atoms with Crippen molar-refractivity contribution >= 4 is 0 Å². The first-order valence-corrected chi connectivity index (χ1v) is 8.42. The van der Waals surface area contributed by atoms with E-state index in [4.69, 9.17) is 9.47 Å². The second-order valence-corrected chi connectivity index (χ2v) is 6.77. The molecule has 0 aliphatic heterocycles. The maximum Gasteiger partial charge on any atom is 0.0730 e. The van der Waals surface area contributed by atoms with Gasteiger partial charge in [0, 0.05) is 19.8 Å². The zero-order chi connectivity index (χ0) is 15.0. The first-order chi connectivity index (χ1) is 9.52. The van der Waals surface area contributed by atoms with Crippen molar-refractivity contribution in [2.75, 3.05) is 20.3 Å². The van der Waals surface area contributed by atoms with Gasteiger partial charge >= 0.3 is 0 Å². The zero-order valence-corrected chi connectivity index (χ0v) is 14.2. The lowest BCUT2D eigenvalue weighted by Gasteiger charge is -2.37. The van der Waals surface area contributed by atoms with Crippen molar-refractivity contribution in [3.63, 3.8) is 0 Å². The van der Waals surface area contributed by atoms with Crippen molar-refractivity contribution in [2.45, 2.75) is 84.0 Å². The van der Waals surface area contributed by atoms with E-state index in [0.29, 0.717) is 12.1 Å². The summed E-state index contributed by atoms with van der Waals surface area (Å²) >= 11 is 0. The van der Waals surface area contributed by atoms with Gasteiger partial charge < -0.3 is 14.8 Å². The number of methoxy groups -OCH3 is 1. The van der Waals surface area contributed by atoms with Crippen molar-refractivity contribution in [1.29, 1.82) is 0 Å². The molecule has 3 atom stereocenters.